The SMILES string of the molecule is C/C=C(S)\C=C(/C)F.CC.CC1CC(CNc2ccc(-c3cn[nH]c3)cc2C=N)CN1. The van der Waals surface area contributed by atoms with Gasteiger partial charge in [0.15, 0.2) is 0 Å². The van der Waals surface area contributed by atoms with Crippen LogP contribution in [0.2, 0.25) is 0 Å². The van der Waals surface area contributed by atoms with Gasteiger partial charge in [-0.3, -0.25) is 5.10 Å². The Hall–Kier alpha value is -2.38. The summed E-state index contributed by atoms with van der Waals surface area (Å²) in [5.74, 6) is 0.445. The predicted octanol–water partition coefficient (Wildman–Crippen LogP) is 6.20. The Morgan fingerprint density at radius 3 is 2.58 bits per heavy atom. The van der Waals surface area contributed by atoms with Crippen molar-refractivity contribution in [1.82, 2.24) is 15.5 Å². The fourth-order valence-electron chi connectivity index (χ4n) is 3.16. The largest absolute Gasteiger partial charge is 0.384 e. The molecule has 7 heteroatoms. The zero-order chi connectivity index (χ0) is 23.2. The van der Waals surface area contributed by atoms with E-state index in [1.54, 1.807) is 12.3 Å². The summed E-state index contributed by atoms with van der Waals surface area (Å²) >= 11 is 3.91. The Morgan fingerprint density at radius 2 is 2.10 bits per heavy atom. The zero-order valence-electron chi connectivity index (χ0n) is 19.2. The number of anilines is 1. The van der Waals surface area contributed by atoms with Crippen LogP contribution < -0.4 is 10.6 Å². The van der Waals surface area contributed by atoms with E-state index in [1.165, 1.54) is 25.6 Å². The topological polar surface area (TPSA) is 76.6 Å². The van der Waals surface area contributed by atoms with Crippen LogP contribution in [-0.4, -0.2) is 35.5 Å². The van der Waals surface area contributed by atoms with Crippen molar-refractivity contribution in [2.45, 2.75) is 47.1 Å². The quantitative estimate of drug-likeness (QED) is 0.209. The lowest BCUT2D eigenvalue weighted by Crippen LogP contribution is -2.19. The van der Waals surface area contributed by atoms with E-state index in [2.05, 4.69) is 52.5 Å². The minimum atomic E-state index is -0.215. The molecule has 31 heavy (non-hydrogen) atoms. The van der Waals surface area contributed by atoms with Gasteiger partial charge in [-0.25, -0.2) is 4.39 Å². The van der Waals surface area contributed by atoms with E-state index in [-0.39, 0.29) is 5.83 Å². The number of aromatic nitrogens is 2. The summed E-state index contributed by atoms with van der Waals surface area (Å²) in [4.78, 5) is 0.657. The highest BCUT2D eigenvalue weighted by molar-refractivity contribution is 7.84. The third-order valence-corrected chi connectivity index (χ3v) is 5.09. The first kappa shape index (κ1) is 26.7. The average molecular weight is 446 g/mol. The summed E-state index contributed by atoms with van der Waals surface area (Å²) in [6, 6.07) is 6.75. The molecular weight excluding hydrogens is 409 g/mol. The van der Waals surface area contributed by atoms with E-state index in [4.69, 9.17) is 5.41 Å². The minimum Gasteiger partial charge on any atom is -0.384 e. The number of thiol groups is 1. The van der Waals surface area contributed by atoms with Crippen molar-refractivity contribution in [1.29, 1.82) is 5.41 Å². The van der Waals surface area contributed by atoms with Crippen LogP contribution in [0.5, 0.6) is 0 Å². The molecule has 0 bridgehead atoms. The summed E-state index contributed by atoms with van der Waals surface area (Å²) in [6.45, 7) is 11.4. The Labute approximate surface area is 191 Å². The van der Waals surface area contributed by atoms with Crippen LogP contribution in [0.25, 0.3) is 11.1 Å². The van der Waals surface area contributed by atoms with Crippen LogP contribution in [0.4, 0.5) is 10.1 Å². The fraction of sp³-hybridized carbons (Fsp3) is 0.417. The molecule has 0 radical (unpaired) electrons. The molecule has 1 aliphatic rings. The summed E-state index contributed by atoms with van der Waals surface area (Å²) in [5, 5.41) is 21.4. The first-order valence-electron chi connectivity index (χ1n) is 10.7. The van der Waals surface area contributed by atoms with E-state index in [0.717, 1.165) is 35.5 Å². The van der Waals surface area contributed by atoms with Gasteiger partial charge in [-0.15, -0.1) is 12.6 Å². The molecular formula is C24H36FN5S. The van der Waals surface area contributed by atoms with E-state index < -0.39 is 0 Å². The molecule has 1 saturated heterocycles. The molecule has 1 aromatic carbocycles. The molecule has 2 unspecified atom stereocenters. The number of nitrogens with zero attached hydrogens (tertiary/aromatic N) is 1. The van der Waals surface area contributed by atoms with Gasteiger partial charge in [0.1, 0.15) is 0 Å². The minimum absolute atomic E-state index is 0.215. The van der Waals surface area contributed by atoms with Crippen LogP contribution in [0.1, 0.15) is 46.6 Å². The second-order valence-corrected chi connectivity index (χ2v) is 7.69. The van der Waals surface area contributed by atoms with Crippen molar-refractivity contribution in [2.75, 3.05) is 18.4 Å². The van der Waals surface area contributed by atoms with Crippen molar-refractivity contribution in [3.8, 4) is 11.1 Å². The van der Waals surface area contributed by atoms with Crippen molar-refractivity contribution in [2.24, 2.45) is 5.92 Å². The number of allylic oxidation sites excluding steroid dienone is 3. The maximum Gasteiger partial charge on any atom is 0.0979 e. The standard InChI is InChI=1S/C16H21N5.C6H9FS.C2H6/c1-11-4-12(7-18-11)8-19-16-3-2-13(5-14(16)6-17)15-9-20-21-10-15;1-3-6(8)4-5(2)7;1-2/h2-3,5-6,9-12,17-19H,4,7-8H2,1H3,(H,20,21);3-4,8H,1-2H3;1-2H3/b;5-4+,6-3+;. The Morgan fingerprint density at radius 1 is 1.35 bits per heavy atom. The molecule has 0 spiro atoms. The van der Waals surface area contributed by atoms with E-state index in [0.29, 0.717) is 16.9 Å². The zero-order valence-corrected chi connectivity index (χ0v) is 20.1. The maximum atomic E-state index is 11.9. The number of H-pyrrole nitrogens is 1. The number of hydrogen-bond acceptors (Lipinski definition) is 5. The van der Waals surface area contributed by atoms with Gasteiger partial charge < -0.3 is 16.0 Å². The second kappa shape index (κ2) is 14.6. The molecule has 0 saturated carbocycles. The van der Waals surface area contributed by atoms with Crippen molar-refractivity contribution >= 4 is 24.5 Å². The molecule has 3 rings (SSSR count). The van der Waals surface area contributed by atoms with Gasteiger partial charge in [0.2, 0.25) is 0 Å². The Bertz CT molecular complexity index is 842. The van der Waals surface area contributed by atoms with Crippen molar-refractivity contribution < 1.29 is 4.39 Å². The number of rotatable bonds is 6. The van der Waals surface area contributed by atoms with Crippen LogP contribution in [0, 0.1) is 11.3 Å². The molecule has 0 amide bonds. The van der Waals surface area contributed by atoms with Crippen LogP contribution in [-0.2, 0) is 0 Å². The van der Waals surface area contributed by atoms with Gasteiger partial charge in [-0.1, -0.05) is 26.0 Å². The number of aromatic amines is 1. The monoisotopic (exact) mass is 445 g/mol. The molecule has 2 heterocycles. The van der Waals surface area contributed by atoms with Crippen LogP contribution >= 0.6 is 12.6 Å². The summed E-state index contributed by atoms with van der Waals surface area (Å²) in [7, 11) is 0. The van der Waals surface area contributed by atoms with Crippen molar-refractivity contribution in [3.63, 3.8) is 0 Å². The average Bonchev–Trinajstić information content (AvgIpc) is 3.45. The van der Waals surface area contributed by atoms with E-state index >= 15 is 0 Å². The number of benzene rings is 1. The normalized spacial score (nSPS) is 18.4. The number of halogens is 1. The molecule has 2 atom stereocenters. The van der Waals surface area contributed by atoms with Crippen LogP contribution in [0.15, 0.2) is 53.5 Å². The van der Waals surface area contributed by atoms with Gasteiger partial charge in [0, 0.05) is 46.7 Å². The summed E-state index contributed by atoms with van der Waals surface area (Å²) in [5.41, 5.74) is 4.05. The van der Waals surface area contributed by atoms with Crippen molar-refractivity contribution in [3.05, 3.63) is 59.0 Å². The molecule has 170 valence electrons. The Balaban J connectivity index is 0.000000409. The van der Waals surface area contributed by atoms with E-state index in [1.807, 2.05) is 33.0 Å². The van der Waals surface area contributed by atoms with E-state index in [9.17, 15) is 4.39 Å². The molecule has 1 fully saturated rings. The smallest absolute Gasteiger partial charge is 0.0979 e. The lowest BCUT2D eigenvalue weighted by molar-refractivity contribution is 0.596. The van der Waals surface area contributed by atoms with Gasteiger partial charge in [-0.05, 0) is 63.4 Å². The van der Waals surface area contributed by atoms with Crippen LogP contribution in [0.3, 0.4) is 0 Å². The molecule has 4 N–H and O–H groups in total. The first-order valence-corrected chi connectivity index (χ1v) is 11.2. The maximum absolute atomic E-state index is 11.9. The van der Waals surface area contributed by atoms with Gasteiger partial charge >= 0.3 is 0 Å². The van der Waals surface area contributed by atoms with Gasteiger partial charge in [-0.2, -0.15) is 5.10 Å². The Kier molecular flexibility index (Phi) is 12.5. The highest BCUT2D eigenvalue weighted by Gasteiger charge is 2.20. The lowest BCUT2D eigenvalue weighted by Gasteiger charge is -2.14. The molecule has 0 aliphatic carbocycles. The fourth-order valence-corrected chi connectivity index (χ4v) is 3.34. The predicted molar refractivity (Wildman–Crippen MR) is 135 cm³/mol. The number of hydrogen-bond donors (Lipinski definition) is 5. The number of nitrogens with one attached hydrogen (secondary N) is 4. The van der Waals surface area contributed by atoms with Gasteiger partial charge in [0.25, 0.3) is 0 Å². The molecule has 1 aromatic heterocycles. The summed E-state index contributed by atoms with van der Waals surface area (Å²) < 4.78 is 11.9. The second-order valence-electron chi connectivity index (χ2n) is 7.17. The highest BCUT2D eigenvalue weighted by atomic mass is 32.1. The summed E-state index contributed by atoms with van der Waals surface area (Å²) in [6.07, 6.45) is 9.36. The molecule has 1 aliphatic heterocycles. The molecule has 2 aromatic rings. The first-order chi connectivity index (χ1) is 14.9. The highest BCUT2D eigenvalue weighted by Crippen LogP contribution is 2.24. The third-order valence-electron chi connectivity index (χ3n) is 4.70. The molecule has 5 nitrogen and oxygen atoms in total. The van der Waals surface area contributed by atoms with Gasteiger partial charge in [0.05, 0.1) is 12.0 Å². The lowest BCUT2D eigenvalue weighted by atomic mass is 10.0. The third kappa shape index (κ3) is 9.53.